The number of hydrogen-bond donors (Lipinski definition) is 1. The molecule has 6 heteroatoms. The molecule has 0 saturated heterocycles. The van der Waals surface area contributed by atoms with E-state index in [1.807, 2.05) is 0 Å². The van der Waals surface area contributed by atoms with Crippen molar-refractivity contribution in [3.63, 3.8) is 0 Å². The highest BCUT2D eigenvalue weighted by atomic mass is 35.5. The van der Waals surface area contributed by atoms with Gasteiger partial charge in [-0.15, -0.1) is 0 Å². The molecule has 19 heavy (non-hydrogen) atoms. The Morgan fingerprint density at radius 2 is 1.95 bits per heavy atom. The molecule has 0 bridgehead atoms. The second-order valence-electron chi connectivity index (χ2n) is 5.24. The van der Waals surface area contributed by atoms with Gasteiger partial charge < -0.3 is 10.5 Å². The van der Waals surface area contributed by atoms with Crippen molar-refractivity contribution in [3.05, 3.63) is 28.8 Å². The third-order valence-electron chi connectivity index (χ3n) is 2.79. The zero-order valence-electron chi connectivity index (χ0n) is 11.4. The highest BCUT2D eigenvalue weighted by Crippen LogP contribution is 2.23. The molecule has 0 aliphatic rings. The zero-order valence-corrected chi connectivity index (χ0v) is 13.0. The average molecular weight is 306 g/mol. The van der Waals surface area contributed by atoms with Crippen LogP contribution in [-0.4, -0.2) is 25.5 Å². The highest BCUT2D eigenvalue weighted by Gasteiger charge is 2.28. The van der Waals surface area contributed by atoms with Gasteiger partial charge in [-0.25, -0.2) is 8.42 Å². The van der Waals surface area contributed by atoms with Gasteiger partial charge in [-0.2, -0.15) is 0 Å². The summed E-state index contributed by atoms with van der Waals surface area (Å²) in [6.45, 7) is 5.43. The monoisotopic (exact) mass is 305 g/mol. The van der Waals surface area contributed by atoms with Gasteiger partial charge in [-0.05, 0) is 39.0 Å². The van der Waals surface area contributed by atoms with Crippen molar-refractivity contribution < 1.29 is 13.2 Å². The lowest BCUT2D eigenvalue weighted by molar-refractivity contribution is 0.336. The van der Waals surface area contributed by atoms with Crippen LogP contribution in [0.1, 0.15) is 26.3 Å². The summed E-state index contributed by atoms with van der Waals surface area (Å²) in [6, 6.07) is 5.11. The van der Waals surface area contributed by atoms with Gasteiger partial charge in [0.1, 0.15) is 12.4 Å². The molecule has 2 N–H and O–H groups in total. The Morgan fingerprint density at radius 3 is 2.47 bits per heavy atom. The normalized spacial score (nSPS) is 12.5. The molecule has 0 unspecified atom stereocenters. The summed E-state index contributed by atoms with van der Waals surface area (Å²) in [7, 11) is -3.18. The van der Waals surface area contributed by atoms with Crippen LogP contribution in [0.25, 0.3) is 0 Å². The van der Waals surface area contributed by atoms with Crippen molar-refractivity contribution in [2.24, 2.45) is 5.73 Å². The third-order valence-corrected chi connectivity index (χ3v) is 5.59. The van der Waals surface area contributed by atoms with Gasteiger partial charge >= 0.3 is 0 Å². The molecule has 0 aliphatic heterocycles. The number of rotatable bonds is 5. The van der Waals surface area contributed by atoms with Gasteiger partial charge in [0.05, 0.1) is 10.5 Å². The minimum atomic E-state index is -3.18. The molecule has 0 aliphatic carbocycles. The van der Waals surface area contributed by atoms with E-state index in [1.165, 1.54) is 0 Å². The van der Waals surface area contributed by atoms with Gasteiger partial charge in [0, 0.05) is 17.1 Å². The van der Waals surface area contributed by atoms with Crippen LogP contribution >= 0.6 is 11.6 Å². The molecule has 0 amide bonds. The molecule has 0 spiro atoms. The fraction of sp³-hybridized carbons (Fsp3) is 0.538. The Kier molecular flexibility index (Phi) is 5.24. The largest absolute Gasteiger partial charge is 0.492 e. The number of sulfone groups is 1. The molecule has 4 nitrogen and oxygen atoms in total. The SMILES string of the molecule is CC(C)(C)S(=O)(=O)CCOc1ccc(Cl)cc1CN. The molecule has 1 rings (SSSR count). The first-order chi connectivity index (χ1) is 8.67. The predicted octanol–water partition coefficient (Wildman–Crippen LogP) is 2.39. The summed E-state index contributed by atoms with van der Waals surface area (Å²) in [4.78, 5) is 0. The minimum Gasteiger partial charge on any atom is -0.492 e. The molecule has 1 aromatic carbocycles. The fourth-order valence-electron chi connectivity index (χ4n) is 1.42. The maximum Gasteiger partial charge on any atom is 0.158 e. The Bertz CT molecular complexity index is 535. The van der Waals surface area contributed by atoms with E-state index in [-0.39, 0.29) is 12.4 Å². The first-order valence-corrected chi connectivity index (χ1v) is 8.04. The molecule has 0 atom stereocenters. The third kappa shape index (κ3) is 4.37. The first-order valence-electron chi connectivity index (χ1n) is 6.01. The highest BCUT2D eigenvalue weighted by molar-refractivity contribution is 7.92. The Balaban J connectivity index is 2.69. The molecule has 0 radical (unpaired) electrons. The van der Waals surface area contributed by atoms with E-state index in [2.05, 4.69) is 0 Å². The van der Waals surface area contributed by atoms with E-state index in [0.717, 1.165) is 5.56 Å². The fourth-order valence-corrected chi connectivity index (χ4v) is 2.53. The minimum absolute atomic E-state index is 0.0247. The van der Waals surface area contributed by atoms with Crippen molar-refractivity contribution in [1.29, 1.82) is 0 Å². The lowest BCUT2D eigenvalue weighted by Gasteiger charge is -2.19. The molecule has 1 aromatic rings. The van der Waals surface area contributed by atoms with E-state index in [9.17, 15) is 8.42 Å². The van der Waals surface area contributed by atoms with E-state index >= 15 is 0 Å². The van der Waals surface area contributed by atoms with Crippen molar-refractivity contribution >= 4 is 21.4 Å². The zero-order chi connectivity index (χ0) is 14.7. The van der Waals surface area contributed by atoms with E-state index < -0.39 is 14.6 Å². The number of nitrogens with two attached hydrogens (primary N) is 1. The Hall–Kier alpha value is -0.780. The van der Waals surface area contributed by atoms with Crippen LogP contribution < -0.4 is 10.5 Å². The second kappa shape index (κ2) is 6.11. The Morgan fingerprint density at radius 1 is 1.32 bits per heavy atom. The predicted molar refractivity (Wildman–Crippen MR) is 78.4 cm³/mol. The van der Waals surface area contributed by atoms with Crippen LogP contribution in [0, 0.1) is 0 Å². The quantitative estimate of drug-likeness (QED) is 0.907. The number of halogens is 1. The topological polar surface area (TPSA) is 69.4 Å². The van der Waals surface area contributed by atoms with E-state index in [4.69, 9.17) is 22.1 Å². The van der Waals surface area contributed by atoms with Gasteiger partial charge in [0.2, 0.25) is 0 Å². The van der Waals surface area contributed by atoms with Gasteiger partial charge in [0.25, 0.3) is 0 Å². The van der Waals surface area contributed by atoms with E-state index in [1.54, 1.807) is 39.0 Å². The van der Waals surface area contributed by atoms with Gasteiger partial charge in [0.15, 0.2) is 9.84 Å². The van der Waals surface area contributed by atoms with Crippen LogP contribution in [0.3, 0.4) is 0 Å². The van der Waals surface area contributed by atoms with Crippen molar-refractivity contribution in [3.8, 4) is 5.75 Å². The molecule has 0 heterocycles. The van der Waals surface area contributed by atoms with Gasteiger partial charge in [-0.1, -0.05) is 11.6 Å². The lowest BCUT2D eigenvalue weighted by atomic mass is 10.2. The van der Waals surface area contributed by atoms with Crippen LogP contribution in [0.15, 0.2) is 18.2 Å². The number of ether oxygens (including phenoxy) is 1. The smallest absolute Gasteiger partial charge is 0.158 e. The van der Waals surface area contributed by atoms with Crippen molar-refractivity contribution in [1.82, 2.24) is 0 Å². The standard InChI is InChI=1S/C13H20ClNO3S/c1-13(2,3)19(16,17)7-6-18-12-5-4-11(14)8-10(12)9-15/h4-5,8H,6-7,9,15H2,1-3H3. The first kappa shape index (κ1) is 16.3. The number of benzene rings is 1. The summed E-state index contributed by atoms with van der Waals surface area (Å²) in [5.41, 5.74) is 6.35. The van der Waals surface area contributed by atoms with Crippen molar-refractivity contribution in [2.75, 3.05) is 12.4 Å². The average Bonchev–Trinajstić information content (AvgIpc) is 2.29. The molecular weight excluding hydrogens is 286 g/mol. The van der Waals surface area contributed by atoms with Crippen molar-refractivity contribution in [2.45, 2.75) is 32.1 Å². The lowest BCUT2D eigenvalue weighted by Crippen LogP contribution is -2.32. The summed E-state index contributed by atoms with van der Waals surface area (Å²) >= 11 is 5.86. The van der Waals surface area contributed by atoms with Crippen LogP contribution in [-0.2, 0) is 16.4 Å². The van der Waals surface area contributed by atoms with E-state index in [0.29, 0.717) is 17.3 Å². The molecule has 0 aromatic heterocycles. The Labute approximate surface area is 119 Å². The summed E-state index contributed by atoms with van der Waals surface area (Å²) in [5.74, 6) is 0.555. The second-order valence-corrected chi connectivity index (χ2v) is 8.53. The summed E-state index contributed by atoms with van der Waals surface area (Å²) in [5, 5.41) is 0.579. The van der Waals surface area contributed by atoms with Crippen LogP contribution in [0.4, 0.5) is 0 Å². The van der Waals surface area contributed by atoms with Crippen LogP contribution in [0.5, 0.6) is 5.75 Å². The number of hydrogen-bond acceptors (Lipinski definition) is 4. The molecule has 108 valence electrons. The van der Waals surface area contributed by atoms with Gasteiger partial charge in [-0.3, -0.25) is 0 Å². The molecule has 0 fully saturated rings. The maximum atomic E-state index is 11.9. The molecule has 0 saturated carbocycles. The summed E-state index contributed by atoms with van der Waals surface area (Å²) in [6.07, 6.45) is 0. The van der Waals surface area contributed by atoms with Crippen LogP contribution in [0.2, 0.25) is 5.02 Å². The maximum absolute atomic E-state index is 11.9. The molecular formula is C13H20ClNO3S. The summed E-state index contributed by atoms with van der Waals surface area (Å²) < 4.78 is 28.6.